The molecule has 0 saturated carbocycles. The highest BCUT2D eigenvalue weighted by Gasteiger charge is 2.14. The highest BCUT2D eigenvalue weighted by Crippen LogP contribution is 2.24. The van der Waals surface area contributed by atoms with Crippen molar-refractivity contribution in [3.05, 3.63) is 63.4 Å². The van der Waals surface area contributed by atoms with E-state index in [0.717, 1.165) is 12.1 Å². The zero-order valence-corrected chi connectivity index (χ0v) is 16.1. The summed E-state index contributed by atoms with van der Waals surface area (Å²) in [6.07, 6.45) is 1.05. The fraction of sp³-hybridized carbons (Fsp3) is 0.250. The van der Waals surface area contributed by atoms with Gasteiger partial charge in [-0.3, -0.25) is 9.36 Å². The fourth-order valence-electron chi connectivity index (χ4n) is 2.75. The van der Waals surface area contributed by atoms with Gasteiger partial charge in [-0.05, 0) is 48.2 Å². The summed E-state index contributed by atoms with van der Waals surface area (Å²) >= 11 is 7.31. The second kappa shape index (κ2) is 7.94. The third kappa shape index (κ3) is 3.62. The first-order valence-corrected chi connectivity index (χ1v) is 9.74. The van der Waals surface area contributed by atoms with Gasteiger partial charge in [0.15, 0.2) is 5.16 Å². The molecule has 0 unspecified atom stereocenters. The van der Waals surface area contributed by atoms with E-state index >= 15 is 0 Å². The van der Waals surface area contributed by atoms with Gasteiger partial charge in [0.1, 0.15) is 0 Å². The van der Waals surface area contributed by atoms with E-state index in [1.165, 1.54) is 17.3 Å². The van der Waals surface area contributed by atoms with Gasteiger partial charge in [-0.25, -0.2) is 4.98 Å². The van der Waals surface area contributed by atoms with Crippen molar-refractivity contribution in [2.45, 2.75) is 31.3 Å². The lowest BCUT2D eigenvalue weighted by atomic mass is 9.98. The van der Waals surface area contributed by atoms with E-state index < -0.39 is 0 Å². The molecule has 26 heavy (non-hydrogen) atoms. The summed E-state index contributed by atoms with van der Waals surface area (Å²) in [4.78, 5) is 17.7. The van der Waals surface area contributed by atoms with Gasteiger partial charge in [0.05, 0.1) is 28.4 Å². The standard InChI is InChI=1S/C20H18ClN3OS/c1-3-13(2)14-4-7-16(8-5-14)24-19(25)17-12-15(21)6-9-18(17)23-20(24)26-11-10-22/h4-9,12-13H,3,11H2,1-2H3/t13-/m0/s1. The molecule has 0 fully saturated rings. The average Bonchev–Trinajstić information content (AvgIpc) is 2.66. The van der Waals surface area contributed by atoms with Gasteiger partial charge in [0, 0.05) is 5.02 Å². The van der Waals surface area contributed by atoms with Crippen LogP contribution in [0.15, 0.2) is 52.4 Å². The number of rotatable bonds is 5. The molecule has 3 aromatic rings. The maximum atomic E-state index is 13.1. The van der Waals surface area contributed by atoms with Crippen molar-refractivity contribution >= 4 is 34.3 Å². The minimum atomic E-state index is -0.186. The number of thioether (sulfide) groups is 1. The van der Waals surface area contributed by atoms with Crippen LogP contribution in [0.5, 0.6) is 0 Å². The van der Waals surface area contributed by atoms with E-state index in [-0.39, 0.29) is 11.3 Å². The fourth-order valence-corrected chi connectivity index (χ4v) is 3.59. The van der Waals surface area contributed by atoms with Crippen molar-refractivity contribution in [1.82, 2.24) is 9.55 Å². The number of aromatic nitrogens is 2. The van der Waals surface area contributed by atoms with Crippen LogP contribution in [0.3, 0.4) is 0 Å². The number of nitrogens with zero attached hydrogens (tertiary/aromatic N) is 3. The summed E-state index contributed by atoms with van der Waals surface area (Å²) in [5.74, 6) is 0.679. The van der Waals surface area contributed by atoms with Crippen LogP contribution in [0.2, 0.25) is 5.02 Å². The molecule has 4 nitrogen and oxygen atoms in total. The van der Waals surface area contributed by atoms with Gasteiger partial charge in [0.25, 0.3) is 5.56 Å². The van der Waals surface area contributed by atoms with Crippen LogP contribution in [-0.2, 0) is 0 Å². The Labute approximate surface area is 161 Å². The maximum absolute atomic E-state index is 13.1. The number of nitriles is 1. The summed E-state index contributed by atoms with van der Waals surface area (Å²) in [7, 11) is 0. The topological polar surface area (TPSA) is 58.7 Å². The lowest BCUT2D eigenvalue weighted by Gasteiger charge is -2.14. The summed E-state index contributed by atoms with van der Waals surface area (Å²) < 4.78 is 1.56. The van der Waals surface area contributed by atoms with Crippen LogP contribution in [0.25, 0.3) is 16.6 Å². The van der Waals surface area contributed by atoms with Crippen LogP contribution in [-0.4, -0.2) is 15.3 Å². The SMILES string of the molecule is CC[C@H](C)c1ccc(-n2c(SCC#N)nc3ccc(Cl)cc3c2=O)cc1. The number of hydrogen-bond acceptors (Lipinski definition) is 4. The normalized spacial score (nSPS) is 12.1. The third-order valence-corrected chi connectivity index (χ3v) is 5.44. The maximum Gasteiger partial charge on any atom is 0.266 e. The molecule has 0 aliphatic carbocycles. The summed E-state index contributed by atoms with van der Waals surface area (Å²) in [5.41, 5.74) is 2.35. The second-order valence-electron chi connectivity index (χ2n) is 6.04. The largest absolute Gasteiger partial charge is 0.268 e. The molecule has 0 aliphatic rings. The molecule has 1 atom stereocenters. The Kier molecular flexibility index (Phi) is 5.65. The van der Waals surface area contributed by atoms with Gasteiger partial charge in [0.2, 0.25) is 0 Å². The Hall–Kier alpha value is -2.29. The van der Waals surface area contributed by atoms with E-state index in [1.807, 2.05) is 24.3 Å². The second-order valence-corrected chi connectivity index (χ2v) is 7.42. The van der Waals surface area contributed by atoms with E-state index in [0.29, 0.717) is 27.0 Å². The third-order valence-electron chi connectivity index (χ3n) is 4.40. The van der Waals surface area contributed by atoms with Crippen molar-refractivity contribution in [2.75, 3.05) is 5.75 Å². The van der Waals surface area contributed by atoms with E-state index in [9.17, 15) is 4.79 Å². The smallest absolute Gasteiger partial charge is 0.266 e. The Morgan fingerprint density at radius 2 is 2.00 bits per heavy atom. The lowest BCUT2D eigenvalue weighted by Crippen LogP contribution is -2.22. The molecule has 0 saturated heterocycles. The van der Waals surface area contributed by atoms with Crippen LogP contribution in [0.4, 0.5) is 0 Å². The van der Waals surface area contributed by atoms with Gasteiger partial charge in [-0.1, -0.05) is 49.3 Å². The minimum absolute atomic E-state index is 0.186. The molecule has 132 valence electrons. The molecule has 0 aliphatic heterocycles. The molecule has 0 N–H and O–H groups in total. The van der Waals surface area contributed by atoms with Crippen LogP contribution in [0.1, 0.15) is 31.7 Å². The highest BCUT2D eigenvalue weighted by atomic mass is 35.5. The Morgan fingerprint density at radius 3 is 2.65 bits per heavy atom. The summed E-state index contributed by atoms with van der Waals surface area (Å²) in [6.45, 7) is 4.33. The molecule has 0 radical (unpaired) electrons. The van der Waals surface area contributed by atoms with Crippen molar-refractivity contribution < 1.29 is 0 Å². The lowest BCUT2D eigenvalue weighted by molar-refractivity contribution is 0.732. The van der Waals surface area contributed by atoms with Crippen LogP contribution >= 0.6 is 23.4 Å². The van der Waals surface area contributed by atoms with Gasteiger partial charge in [-0.2, -0.15) is 5.26 Å². The van der Waals surface area contributed by atoms with Crippen LogP contribution < -0.4 is 5.56 Å². The molecule has 1 heterocycles. The molecule has 0 bridgehead atoms. The zero-order valence-electron chi connectivity index (χ0n) is 14.6. The Bertz CT molecular complexity index is 1040. The van der Waals surface area contributed by atoms with Gasteiger partial charge < -0.3 is 0 Å². The van der Waals surface area contributed by atoms with Crippen molar-refractivity contribution in [3.8, 4) is 11.8 Å². The molecular weight excluding hydrogens is 366 g/mol. The van der Waals surface area contributed by atoms with E-state index in [2.05, 4.69) is 24.9 Å². The van der Waals surface area contributed by atoms with Crippen molar-refractivity contribution in [3.63, 3.8) is 0 Å². The van der Waals surface area contributed by atoms with E-state index in [4.69, 9.17) is 16.9 Å². The predicted molar refractivity (Wildman–Crippen MR) is 107 cm³/mol. The van der Waals surface area contributed by atoms with Gasteiger partial charge >= 0.3 is 0 Å². The predicted octanol–water partition coefficient (Wildman–Crippen LogP) is 5.17. The molecule has 0 spiro atoms. The molecule has 1 aromatic heterocycles. The molecule has 2 aromatic carbocycles. The number of halogens is 1. The number of hydrogen-bond donors (Lipinski definition) is 0. The first-order valence-electron chi connectivity index (χ1n) is 8.37. The van der Waals surface area contributed by atoms with Crippen molar-refractivity contribution in [1.29, 1.82) is 5.26 Å². The Balaban J connectivity index is 2.20. The van der Waals surface area contributed by atoms with Crippen LogP contribution in [0, 0.1) is 11.3 Å². The molecule has 6 heteroatoms. The summed E-state index contributed by atoms with van der Waals surface area (Å²) in [6, 6.07) is 15.1. The monoisotopic (exact) mass is 383 g/mol. The highest BCUT2D eigenvalue weighted by molar-refractivity contribution is 7.99. The number of benzene rings is 2. The van der Waals surface area contributed by atoms with Crippen molar-refractivity contribution in [2.24, 2.45) is 0 Å². The number of fused-ring (bicyclic) bond motifs is 1. The minimum Gasteiger partial charge on any atom is -0.268 e. The summed E-state index contributed by atoms with van der Waals surface area (Å²) in [5, 5.41) is 10.4. The molecule has 3 rings (SSSR count). The van der Waals surface area contributed by atoms with E-state index in [1.54, 1.807) is 22.8 Å². The quantitative estimate of drug-likeness (QED) is 0.450. The average molecular weight is 384 g/mol. The first kappa shape index (κ1) is 18.5. The van der Waals surface area contributed by atoms with Gasteiger partial charge in [-0.15, -0.1) is 0 Å². The molecule has 0 amide bonds. The first-order chi connectivity index (χ1) is 12.5. The Morgan fingerprint density at radius 1 is 1.27 bits per heavy atom. The zero-order chi connectivity index (χ0) is 18.7. The molecular formula is C20H18ClN3OS.